The summed E-state index contributed by atoms with van der Waals surface area (Å²) >= 11 is 14.4. The minimum atomic E-state index is -0.492. The molecule has 208 valence electrons. The normalized spacial score (nSPS) is 10.8. The number of anilines is 3. The molecule has 0 aliphatic heterocycles. The van der Waals surface area contributed by atoms with Crippen LogP contribution < -0.4 is 31.0 Å². The number of amides is 1. The Bertz CT molecular complexity index is 1860. The van der Waals surface area contributed by atoms with Crippen molar-refractivity contribution >= 4 is 78.6 Å². The van der Waals surface area contributed by atoms with E-state index in [1.54, 1.807) is 35.7 Å². The number of thiazole rings is 1. The summed E-state index contributed by atoms with van der Waals surface area (Å²) in [7, 11) is 4.45. The van der Waals surface area contributed by atoms with Crippen LogP contribution in [0.15, 0.2) is 35.7 Å². The van der Waals surface area contributed by atoms with Gasteiger partial charge in [0.25, 0.3) is 5.91 Å². The summed E-state index contributed by atoms with van der Waals surface area (Å²) in [5.74, 6) is 0.597. The molecule has 5 rings (SSSR count). The van der Waals surface area contributed by atoms with Crippen LogP contribution in [-0.2, 0) is 0 Å². The second kappa shape index (κ2) is 11.3. The number of nitrogen functional groups attached to an aromatic ring is 2. The molecule has 0 aliphatic rings. The molecule has 3 aromatic heterocycles. The number of carbonyl (C=O) groups excluding carboxylic acids is 1. The predicted octanol–water partition coefficient (Wildman–Crippen LogP) is 6.71. The summed E-state index contributed by atoms with van der Waals surface area (Å²) in [4.78, 5) is 22.8. The van der Waals surface area contributed by atoms with E-state index >= 15 is 0 Å². The van der Waals surface area contributed by atoms with Gasteiger partial charge in [-0.25, -0.2) is 9.97 Å². The SMILES string of the molecule is COc1cc(-c2c(C#N)c(N)nc3sc(C(=O)Nc4nc(-c5ccc(Cl)c(Cl)c5)cs4)c(N)c23)cc(OC)c1OC. The molecule has 0 bridgehead atoms. The molecule has 14 heteroatoms. The molecule has 5 aromatic rings. The number of ether oxygens (including phenoxy) is 3. The fourth-order valence-corrected chi connectivity index (χ4v) is 6.26. The Hall–Kier alpha value is -4.28. The molecule has 2 aromatic carbocycles. The molecule has 0 atom stereocenters. The molecule has 3 heterocycles. The molecule has 0 radical (unpaired) electrons. The number of hydrogen-bond acceptors (Lipinski definition) is 11. The topological polar surface area (TPSA) is 158 Å². The summed E-state index contributed by atoms with van der Waals surface area (Å²) < 4.78 is 16.4. The lowest BCUT2D eigenvalue weighted by Gasteiger charge is -2.16. The highest BCUT2D eigenvalue weighted by Crippen LogP contribution is 2.47. The molecule has 10 nitrogen and oxygen atoms in total. The van der Waals surface area contributed by atoms with Gasteiger partial charge in [-0.15, -0.1) is 22.7 Å². The molecule has 0 fully saturated rings. The minimum Gasteiger partial charge on any atom is -0.493 e. The molecule has 0 saturated heterocycles. The number of carbonyl (C=O) groups is 1. The third-order valence-corrected chi connectivity index (χ3v) is 8.71. The van der Waals surface area contributed by atoms with Crippen LogP contribution in [0.1, 0.15) is 15.2 Å². The Labute approximate surface area is 252 Å². The number of fused-ring (bicyclic) bond motifs is 1. The lowest BCUT2D eigenvalue weighted by atomic mass is 9.96. The van der Waals surface area contributed by atoms with Gasteiger partial charge in [0.15, 0.2) is 16.6 Å². The van der Waals surface area contributed by atoms with E-state index in [4.69, 9.17) is 48.9 Å². The number of halogens is 2. The maximum Gasteiger partial charge on any atom is 0.269 e. The van der Waals surface area contributed by atoms with Crippen molar-refractivity contribution in [2.24, 2.45) is 0 Å². The minimum absolute atomic E-state index is 0.0110. The molecule has 0 unspecified atom stereocenters. The van der Waals surface area contributed by atoms with Crippen LogP contribution in [0.4, 0.5) is 16.6 Å². The number of hydrogen-bond donors (Lipinski definition) is 3. The van der Waals surface area contributed by atoms with Gasteiger partial charge >= 0.3 is 0 Å². The Morgan fingerprint density at radius 1 is 1.00 bits per heavy atom. The van der Waals surface area contributed by atoms with Gasteiger partial charge in [0.2, 0.25) is 5.75 Å². The van der Waals surface area contributed by atoms with Gasteiger partial charge in [0.05, 0.1) is 42.8 Å². The van der Waals surface area contributed by atoms with E-state index < -0.39 is 5.91 Å². The number of thiophene rings is 1. The Balaban J connectivity index is 1.59. The van der Waals surface area contributed by atoms with Gasteiger partial charge in [-0.1, -0.05) is 29.3 Å². The number of nitrogens with two attached hydrogens (primary N) is 2. The van der Waals surface area contributed by atoms with E-state index in [1.807, 2.05) is 0 Å². The van der Waals surface area contributed by atoms with E-state index in [0.717, 1.165) is 16.9 Å². The average Bonchev–Trinajstić information content (AvgIpc) is 3.56. The predicted molar refractivity (Wildman–Crippen MR) is 164 cm³/mol. The van der Waals surface area contributed by atoms with Crippen molar-refractivity contribution in [1.29, 1.82) is 5.26 Å². The highest BCUT2D eigenvalue weighted by atomic mass is 35.5. The second-order valence-corrected chi connectivity index (χ2v) is 11.1. The lowest BCUT2D eigenvalue weighted by Crippen LogP contribution is -2.11. The number of aromatic nitrogens is 2. The zero-order valence-electron chi connectivity index (χ0n) is 21.7. The van der Waals surface area contributed by atoms with Gasteiger partial charge < -0.3 is 25.7 Å². The first-order valence-electron chi connectivity index (χ1n) is 11.6. The third-order valence-electron chi connectivity index (χ3n) is 6.12. The van der Waals surface area contributed by atoms with Crippen molar-refractivity contribution in [2.45, 2.75) is 0 Å². The summed E-state index contributed by atoms with van der Waals surface area (Å²) in [5.41, 5.74) is 15.2. The van der Waals surface area contributed by atoms with Gasteiger partial charge in [0, 0.05) is 21.9 Å². The number of nitrogens with zero attached hydrogens (tertiary/aromatic N) is 3. The molecule has 0 spiro atoms. The monoisotopic (exact) mass is 626 g/mol. The Kier molecular flexibility index (Phi) is 7.79. The van der Waals surface area contributed by atoms with Crippen molar-refractivity contribution in [3.05, 3.63) is 56.2 Å². The fourth-order valence-electron chi connectivity index (χ4n) is 4.24. The quantitative estimate of drug-likeness (QED) is 0.178. The van der Waals surface area contributed by atoms with Crippen molar-refractivity contribution in [1.82, 2.24) is 9.97 Å². The van der Waals surface area contributed by atoms with Gasteiger partial charge in [0.1, 0.15) is 27.2 Å². The van der Waals surface area contributed by atoms with Crippen molar-refractivity contribution in [3.8, 4) is 45.7 Å². The van der Waals surface area contributed by atoms with Crippen molar-refractivity contribution < 1.29 is 19.0 Å². The van der Waals surface area contributed by atoms with Crippen molar-refractivity contribution in [3.63, 3.8) is 0 Å². The van der Waals surface area contributed by atoms with E-state index in [2.05, 4.69) is 21.4 Å². The van der Waals surface area contributed by atoms with Crippen LogP contribution in [0, 0.1) is 11.3 Å². The summed E-state index contributed by atoms with van der Waals surface area (Å²) in [6, 6.07) is 10.6. The number of nitrogens with one attached hydrogen (secondary N) is 1. The van der Waals surface area contributed by atoms with Gasteiger partial charge in [-0.05, 0) is 29.8 Å². The number of methoxy groups -OCH3 is 3. The Morgan fingerprint density at radius 3 is 2.32 bits per heavy atom. The van der Waals surface area contributed by atoms with Crippen LogP contribution in [0.2, 0.25) is 10.0 Å². The molecular formula is C27H20Cl2N6O4S2. The average molecular weight is 628 g/mol. The van der Waals surface area contributed by atoms with Crippen molar-refractivity contribution in [2.75, 3.05) is 38.1 Å². The summed E-state index contributed by atoms with van der Waals surface area (Å²) in [6.45, 7) is 0. The molecular weight excluding hydrogens is 607 g/mol. The number of benzene rings is 2. The first kappa shape index (κ1) is 28.3. The van der Waals surface area contributed by atoms with Crippen LogP contribution >= 0.6 is 45.9 Å². The van der Waals surface area contributed by atoms with E-state index in [0.29, 0.717) is 59.5 Å². The molecule has 0 aliphatic carbocycles. The van der Waals surface area contributed by atoms with E-state index in [1.165, 1.54) is 32.7 Å². The first-order valence-corrected chi connectivity index (χ1v) is 14.1. The van der Waals surface area contributed by atoms with E-state index in [-0.39, 0.29) is 21.9 Å². The highest BCUT2D eigenvalue weighted by molar-refractivity contribution is 7.21. The maximum absolute atomic E-state index is 13.4. The lowest BCUT2D eigenvalue weighted by molar-refractivity contribution is 0.103. The van der Waals surface area contributed by atoms with Crippen LogP contribution in [0.25, 0.3) is 32.6 Å². The van der Waals surface area contributed by atoms with E-state index in [9.17, 15) is 10.1 Å². The highest BCUT2D eigenvalue weighted by Gasteiger charge is 2.26. The van der Waals surface area contributed by atoms with Crippen LogP contribution in [0.5, 0.6) is 17.2 Å². The van der Waals surface area contributed by atoms with Gasteiger partial charge in [-0.3, -0.25) is 10.1 Å². The summed E-state index contributed by atoms with van der Waals surface area (Å²) in [6.07, 6.45) is 0. The molecule has 41 heavy (non-hydrogen) atoms. The second-order valence-electron chi connectivity index (χ2n) is 8.42. The molecule has 0 saturated carbocycles. The van der Waals surface area contributed by atoms with Crippen LogP contribution in [-0.4, -0.2) is 37.2 Å². The third kappa shape index (κ3) is 5.05. The maximum atomic E-state index is 13.4. The molecule has 1 amide bonds. The largest absolute Gasteiger partial charge is 0.493 e. The zero-order chi connectivity index (χ0) is 29.4. The number of pyridine rings is 1. The van der Waals surface area contributed by atoms with Gasteiger partial charge in [-0.2, -0.15) is 5.26 Å². The van der Waals surface area contributed by atoms with Crippen LogP contribution in [0.3, 0.4) is 0 Å². The number of rotatable bonds is 7. The number of nitriles is 1. The standard InChI is InChI=1S/C27H20Cl2N6O4S2/c1-37-17-7-12(8-18(38-2)22(17)39-3)19-13(9-30)24(32)34-26-20(19)21(31)23(41-26)25(36)35-27-33-16(10-40-27)11-4-5-14(28)15(29)6-11/h4-8,10H,31H2,1-3H3,(H2,32,34)(H,33,35,36). The molecule has 5 N–H and O–H groups in total. The Morgan fingerprint density at radius 2 is 1.71 bits per heavy atom. The smallest absolute Gasteiger partial charge is 0.269 e. The zero-order valence-corrected chi connectivity index (χ0v) is 24.8. The summed E-state index contributed by atoms with van der Waals surface area (Å²) in [5, 5.41) is 16.2. The fraction of sp³-hybridized carbons (Fsp3) is 0.111. The first-order chi connectivity index (χ1) is 19.7.